The first-order chi connectivity index (χ1) is 14.3. The van der Waals surface area contributed by atoms with E-state index in [1.165, 1.54) is 0 Å². The molecule has 6 heteroatoms. The van der Waals surface area contributed by atoms with Gasteiger partial charge in [0.25, 0.3) is 0 Å². The summed E-state index contributed by atoms with van der Waals surface area (Å²) in [6.45, 7) is 8.38. The Bertz CT molecular complexity index is 918. The van der Waals surface area contributed by atoms with Gasteiger partial charge in [-0.25, -0.2) is 9.59 Å². The second kappa shape index (κ2) is 9.48. The smallest absolute Gasteiger partial charge is 0.338 e. The molecule has 0 saturated heterocycles. The largest absolute Gasteiger partial charge is 0.493 e. The van der Waals surface area contributed by atoms with Crippen molar-refractivity contribution in [2.75, 3.05) is 6.61 Å². The van der Waals surface area contributed by atoms with Gasteiger partial charge in [-0.1, -0.05) is 56.3 Å². The third-order valence-electron chi connectivity index (χ3n) is 4.49. The lowest BCUT2D eigenvalue weighted by atomic mass is 9.92. The highest BCUT2D eigenvalue weighted by atomic mass is 16.5. The van der Waals surface area contributed by atoms with Crippen molar-refractivity contribution < 1.29 is 19.1 Å². The Morgan fingerprint density at radius 3 is 2.27 bits per heavy atom. The van der Waals surface area contributed by atoms with Crippen LogP contribution in [0.4, 0.5) is 4.79 Å². The van der Waals surface area contributed by atoms with E-state index in [2.05, 4.69) is 24.5 Å². The van der Waals surface area contributed by atoms with Gasteiger partial charge in [-0.2, -0.15) is 0 Å². The van der Waals surface area contributed by atoms with Crippen LogP contribution in [0.1, 0.15) is 44.9 Å². The number of nitrogens with one attached hydrogen (secondary N) is 2. The fourth-order valence-corrected chi connectivity index (χ4v) is 3.16. The minimum Gasteiger partial charge on any atom is -0.493 e. The van der Waals surface area contributed by atoms with E-state index in [0.29, 0.717) is 23.8 Å². The van der Waals surface area contributed by atoms with Gasteiger partial charge in [0.15, 0.2) is 0 Å². The van der Waals surface area contributed by atoms with Crippen LogP contribution in [0.5, 0.6) is 5.75 Å². The number of urea groups is 1. The van der Waals surface area contributed by atoms with Crippen molar-refractivity contribution in [3.63, 3.8) is 0 Å². The molecule has 1 heterocycles. The Balaban J connectivity index is 2.02. The van der Waals surface area contributed by atoms with E-state index < -0.39 is 12.0 Å². The van der Waals surface area contributed by atoms with E-state index in [1.807, 2.05) is 54.6 Å². The van der Waals surface area contributed by atoms with E-state index in [4.69, 9.17) is 9.47 Å². The fraction of sp³-hybridized carbons (Fsp3) is 0.333. The first-order valence-electron chi connectivity index (χ1n) is 10.2. The van der Waals surface area contributed by atoms with E-state index in [9.17, 15) is 9.59 Å². The Labute approximate surface area is 177 Å². The standard InChI is InChI=1S/C24H28N2O4/c1-15(2)14-29-19-12-10-18(11-13-19)22-20(23(27)30-16(3)4)21(25-24(28)26-22)17-8-6-5-7-9-17/h5-13,15-16,22H,14H2,1-4H3,(H2,25,26,28). The van der Waals surface area contributed by atoms with Crippen molar-refractivity contribution >= 4 is 17.7 Å². The molecule has 1 aliphatic heterocycles. The van der Waals surface area contributed by atoms with E-state index in [-0.39, 0.29) is 12.1 Å². The van der Waals surface area contributed by atoms with Crippen LogP contribution < -0.4 is 15.4 Å². The third kappa shape index (κ3) is 5.20. The van der Waals surface area contributed by atoms with Gasteiger partial charge < -0.3 is 20.1 Å². The SMILES string of the molecule is CC(C)COc1ccc(C2NC(=O)NC(c3ccccc3)=C2C(=O)OC(C)C)cc1. The summed E-state index contributed by atoms with van der Waals surface area (Å²) >= 11 is 0. The van der Waals surface area contributed by atoms with E-state index in [1.54, 1.807) is 13.8 Å². The zero-order chi connectivity index (χ0) is 21.7. The minimum absolute atomic E-state index is 0.285. The fourth-order valence-electron chi connectivity index (χ4n) is 3.16. The van der Waals surface area contributed by atoms with Crippen molar-refractivity contribution in [1.29, 1.82) is 0 Å². The first kappa shape index (κ1) is 21.4. The molecule has 1 unspecified atom stereocenters. The number of rotatable bonds is 7. The highest BCUT2D eigenvalue weighted by Gasteiger charge is 2.34. The summed E-state index contributed by atoms with van der Waals surface area (Å²) in [7, 11) is 0. The van der Waals surface area contributed by atoms with Crippen LogP contribution in [0.25, 0.3) is 5.70 Å². The predicted molar refractivity (Wildman–Crippen MR) is 116 cm³/mol. The molecule has 0 radical (unpaired) electrons. The van der Waals surface area contributed by atoms with Crippen LogP contribution in [0.3, 0.4) is 0 Å². The molecular formula is C24H28N2O4. The van der Waals surface area contributed by atoms with Crippen molar-refractivity contribution in [3.05, 3.63) is 71.3 Å². The molecule has 1 atom stereocenters. The number of carbonyl (C=O) groups is 2. The van der Waals surface area contributed by atoms with Gasteiger partial charge in [-0.3, -0.25) is 0 Å². The first-order valence-corrected chi connectivity index (χ1v) is 10.2. The summed E-state index contributed by atoms with van der Waals surface area (Å²) in [6, 6.07) is 15.7. The molecule has 6 nitrogen and oxygen atoms in total. The number of esters is 1. The van der Waals surface area contributed by atoms with Crippen molar-refractivity contribution in [2.24, 2.45) is 5.92 Å². The number of benzene rings is 2. The van der Waals surface area contributed by atoms with Crippen LogP contribution in [-0.2, 0) is 9.53 Å². The van der Waals surface area contributed by atoms with Crippen molar-refractivity contribution in [2.45, 2.75) is 39.8 Å². The molecule has 2 amide bonds. The second-order valence-electron chi connectivity index (χ2n) is 7.91. The number of amides is 2. The minimum atomic E-state index is -0.639. The molecule has 2 aromatic carbocycles. The number of carbonyl (C=O) groups excluding carboxylic acids is 2. The molecule has 158 valence electrons. The summed E-state index contributed by atoms with van der Waals surface area (Å²) in [5.41, 5.74) is 2.33. The predicted octanol–water partition coefficient (Wildman–Crippen LogP) is 4.44. The van der Waals surface area contributed by atoms with Gasteiger partial charge in [0.2, 0.25) is 0 Å². The number of hydrogen-bond acceptors (Lipinski definition) is 4. The van der Waals surface area contributed by atoms with Gasteiger partial charge >= 0.3 is 12.0 Å². The molecule has 0 aromatic heterocycles. The van der Waals surface area contributed by atoms with Crippen LogP contribution in [-0.4, -0.2) is 24.7 Å². The Morgan fingerprint density at radius 2 is 1.67 bits per heavy atom. The Hall–Kier alpha value is -3.28. The van der Waals surface area contributed by atoms with Crippen molar-refractivity contribution in [1.82, 2.24) is 10.6 Å². The summed E-state index contributed by atoms with van der Waals surface area (Å²) < 4.78 is 11.2. The van der Waals surface area contributed by atoms with E-state index >= 15 is 0 Å². The molecule has 0 spiro atoms. The average Bonchev–Trinajstić information content (AvgIpc) is 2.72. The molecule has 0 fully saturated rings. The maximum atomic E-state index is 13.0. The maximum absolute atomic E-state index is 13.0. The summed E-state index contributed by atoms with van der Waals surface area (Å²) in [4.78, 5) is 25.5. The van der Waals surface area contributed by atoms with Gasteiger partial charge in [-0.15, -0.1) is 0 Å². The van der Waals surface area contributed by atoms with Gasteiger partial charge in [0.05, 0.1) is 30.0 Å². The Kier molecular flexibility index (Phi) is 6.77. The zero-order valence-corrected chi connectivity index (χ0v) is 17.8. The van der Waals surface area contributed by atoms with Gasteiger partial charge in [0.1, 0.15) is 5.75 Å². The molecule has 30 heavy (non-hydrogen) atoms. The lowest BCUT2D eigenvalue weighted by Gasteiger charge is -2.30. The molecule has 3 rings (SSSR count). The zero-order valence-electron chi connectivity index (χ0n) is 17.8. The maximum Gasteiger partial charge on any atom is 0.338 e. The molecular weight excluding hydrogens is 380 g/mol. The summed E-state index contributed by atoms with van der Waals surface area (Å²) in [5.74, 6) is 0.690. The molecule has 2 N–H and O–H groups in total. The van der Waals surface area contributed by atoms with Gasteiger partial charge in [0, 0.05) is 0 Å². The Morgan fingerprint density at radius 1 is 1.00 bits per heavy atom. The molecule has 0 saturated carbocycles. The normalized spacial score (nSPS) is 16.3. The number of ether oxygens (including phenoxy) is 2. The summed E-state index contributed by atoms with van der Waals surface area (Å²) in [6.07, 6.45) is -0.285. The van der Waals surface area contributed by atoms with Crippen LogP contribution in [0, 0.1) is 5.92 Å². The second-order valence-corrected chi connectivity index (χ2v) is 7.91. The van der Waals surface area contributed by atoms with Gasteiger partial charge in [-0.05, 0) is 43.0 Å². The quantitative estimate of drug-likeness (QED) is 0.664. The van der Waals surface area contributed by atoms with E-state index in [0.717, 1.165) is 16.9 Å². The van der Waals surface area contributed by atoms with Crippen molar-refractivity contribution in [3.8, 4) is 5.75 Å². The lowest BCUT2D eigenvalue weighted by Crippen LogP contribution is -2.45. The molecule has 2 aromatic rings. The van der Waals surface area contributed by atoms with Crippen LogP contribution >= 0.6 is 0 Å². The molecule has 0 bridgehead atoms. The highest BCUT2D eigenvalue weighted by Crippen LogP contribution is 2.33. The summed E-state index contributed by atoms with van der Waals surface area (Å²) in [5, 5.41) is 5.64. The van der Waals surface area contributed by atoms with Crippen LogP contribution in [0.15, 0.2) is 60.2 Å². The topological polar surface area (TPSA) is 76.7 Å². The molecule has 1 aliphatic rings. The average molecular weight is 408 g/mol. The highest BCUT2D eigenvalue weighted by molar-refractivity contribution is 6.04. The third-order valence-corrected chi connectivity index (χ3v) is 4.49. The number of hydrogen-bond donors (Lipinski definition) is 2. The van der Waals surface area contributed by atoms with Crippen LogP contribution in [0.2, 0.25) is 0 Å². The lowest BCUT2D eigenvalue weighted by molar-refractivity contribution is -0.143. The monoisotopic (exact) mass is 408 g/mol. The molecule has 0 aliphatic carbocycles.